The summed E-state index contributed by atoms with van der Waals surface area (Å²) in [4.78, 5) is 10.5. The van der Waals surface area contributed by atoms with Crippen LogP contribution in [0.25, 0.3) is 16.9 Å². The number of aryl methyl sites for hydroxylation is 1. The fraction of sp³-hybridized carbons (Fsp3) is 0.0606. The van der Waals surface area contributed by atoms with E-state index in [1.807, 2.05) is 25.1 Å². The average Bonchev–Trinajstić information content (AvgIpc) is 3.34. The summed E-state index contributed by atoms with van der Waals surface area (Å²) < 4.78 is 0. The molecule has 0 bridgehead atoms. The normalized spacial score (nSPS) is 10.0. The maximum Gasteiger partial charge on any atom is 0.121 e. The molecule has 0 aromatic heterocycles. The molecule has 0 saturated heterocycles. The third-order valence-electron chi connectivity index (χ3n) is 5.84. The fourth-order valence-electron chi connectivity index (χ4n) is 4.03. The van der Waals surface area contributed by atoms with Crippen molar-refractivity contribution in [3.63, 3.8) is 0 Å². The van der Waals surface area contributed by atoms with E-state index in [1.54, 1.807) is 12.1 Å². The zero-order chi connectivity index (χ0) is 27.9. The molecule has 192 valence electrons. The van der Waals surface area contributed by atoms with Crippen molar-refractivity contribution in [1.82, 2.24) is 0 Å². The van der Waals surface area contributed by atoms with Crippen molar-refractivity contribution < 1.29 is 25.6 Å². The molecule has 6 heteroatoms. The van der Waals surface area contributed by atoms with E-state index in [0.29, 0.717) is 5.56 Å². The number of carbonyl (C=O) groups is 1. The number of rotatable bonds is 3. The van der Waals surface area contributed by atoms with E-state index in [0.717, 1.165) is 21.5 Å². The molecular formula is C33H27Cl2NOSiZr. The second kappa shape index (κ2) is 17.0. The molecule has 2 nitrogen and oxygen atoms in total. The molecule has 39 heavy (non-hydrogen) atoms. The van der Waals surface area contributed by atoms with Gasteiger partial charge in [-0.1, -0.05) is 131 Å². The van der Waals surface area contributed by atoms with Crippen LogP contribution in [0.5, 0.6) is 0 Å². The van der Waals surface area contributed by atoms with Crippen molar-refractivity contribution >= 4 is 42.8 Å². The Morgan fingerprint density at radius 2 is 1.26 bits per heavy atom. The van der Waals surface area contributed by atoms with Crippen LogP contribution in [0.1, 0.15) is 27.0 Å². The molecular weight excluding hydrogens is 617 g/mol. The van der Waals surface area contributed by atoms with Gasteiger partial charge in [0.05, 0.1) is 5.91 Å². The number of amides is 1. The van der Waals surface area contributed by atoms with Gasteiger partial charge in [0.25, 0.3) is 0 Å². The van der Waals surface area contributed by atoms with Gasteiger partial charge in [0, 0.05) is 5.56 Å². The minimum absolute atomic E-state index is 0.488. The summed E-state index contributed by atoms with van der Waals surface area (Å²) in [6, 6.07) is 46.3. The van der Waals surface area contributed by atoms with Gasteiger partial charge in [-0.15, -0.1) is 5.56 Å². The summed E-state index contributed by atoms with van der Waals surface area (Å²) in [5.41, 5.74) is 13.7. The van der Waals surface area contributed by atoms with Crippen molar-refractivity contribution in [2.75, 3.05) is 0 Å². The summed E-state index contributed by atoms with van der Waals surface area (Å²) >= 11 is -0.826. The molecule has 1 aliphatic carbocycles. The first-order chi connectivity index (χ1) is 19.0. The van der Waals surface area contributed by atoms with E-state index >= 15 is 0 Å². The molecule has 5 aromatic rings. The molecule has 5 aromatic carbocycles. The number of benzene rings is 5. The molecule has 0 aliphatic heterocycles. The molecule has 0 heterocycles. The Hall–Kier alpha value is -2.75. The zero-order valence-electron chi connectivity index (χ0n) is 21.5. The van der Waals surface area contributed by atoms with Gasteiger partial charge >= 0.3 is 37.9 Å². The van der Waals surface area contributed by atoms with Crippen LogP contribution in [0.4, 0.5) is 0 Å². The molecule has 1 N–H and O–H groups in total. The van der Waals surface area contributed by atoms with Gasteiger partial charge < -0.3 is 10.5 Å². The quantitative estimate of drug-likeness (QED) is 0.143. The smallest absolute Gasteiger partial charge is 0.121 e. The average molecular weight is 644 g/mol. The standard InChI is InChI=1S/C13H9.C12H10Si.C8H9NO.2ClH.Zr/c1-3-7-12-10(5-1)9-11-6-2-4-8-13(11)12;1-3-7-11(8-4-1)13-12-9-5-2-6-10-12;1-6-4-2-3-5-7(6)8(9)10;;;/h1-5,7-8H,9H2;1-10H;2-5H,1H3,(H2,9,10);2*1H;/q-1;;;;;+4/p-3. The van der Waals surface area contributed by atoms with Crippen molar-refractivity contribution in [2.24, 2.45) is 0 Å². The van der Waals surface area contributed by atoms with Gasteiger partial charge in [0.1, 0.15) is 9.52 Å². The van der Waals surface area contributed by atoms with E-state index in [9.17, 15) is 4.79 Å². The molecule has 1 aliphatic rings. The number of hydrogen-bond acceptors (Lipinski definition) is 1. The Morgan fingerprint density at radius 3 is 1.82 bits per heavy atom. The number of nitrogens with one attached hydrogen (secondary N) is 1. The Morgan fingerprint density at radius 1 is 0.744 bits per heavy atom. The minimum Gasteiger partial charge on any atom is -0.179 e. The summed E-state index contributed by atoms with van der Waals surface area (Å²) in [6.07, 6.45) is 1.05. The summed E-state index contributed by atoms with van der Waals surface area (Å²) in [7, 11) is 10.6. The fourth-order valence-corrected chi connectivity index (χ4v) is 5.09. The van der Waals surface area contributed by atoms with E-state index < -0.39 is 26.8 Å². The van der Waals surface area contributed by atoms with Crippen LogP contribution >= 0.6 is 17.0 Å². The molecule has 0 unspecified atom stereocenters. The summed E-state index contributed by atoms with van der Waals surface area (Å²) in [5, 5.41) is 2.79. The Bertz CT molecular complexity index is 1370. The first-order valence-electron chi connectivity index (χ1n) is 12.3. The minimum atomic E-state index is -0.826. The van der Waals surface area contributed by atoms with Gasteiger partial charge in [-0.25, -0.2) is 0 Å². The first kappa shape index (κ1) is 30.8. The van der Waals surface area contributed by atoms with Crippen LogP contribution in [-0.2, 0) is 27.3 Å². The third-order valence-corrected chi connectivity index (χ3v) is 7.09. The third kappa shape index (κ3) is 10.1. The molecule has 6 rings (SSSR count). The van der Waals surface area contributed by atoms with Gasteiger partial charge in [0.2, 0.25) is 0 Å². The van der Waals surface area contributed by atoms with Gasteiger partial charge in [-0.3, -0.25) is 0 Å². The molecule has 0 atom stereocenters. The van der Waals surface area contributed by atoms with E-state index in [2.05, 4.69) is 103 Å². The SMILES string of the molecule is Cc1ccccc1C([NH-])=O.[Cl][Zr+2][Cl].[c-]1cccc2c1Cc1ccccc1-2.c1ccc([Si]c2ccccc2)cc1. The van der Waals surface area contributed by atoms with Crippen molar-refractivity contribution in [1.29, 1.82) is 0 Å². The summed E-state index contributed by atoms with van der Waals surface area (Å²) in [5.74, 6) is -0.613. The number of halogens is 2. The topological polar surface area (TPSA) is 40.9 Å². The maximum absolute atomic E-state index is 10.5. The maximum atomic E-state index is 10.5. The molecule has 0 spiro atoms. The van der Waals surface area contributed by atoms with Crippen LogP contribution < -0.4 is 10.4 Å². The number of hydrogen-bond donors (Lipinski definition) is 0. The Kier molecular flexibility index (Phi) is 13.5. The zero-order valence-corrected chi connectivity index (χ0v) is 26.5. The predicted molar refractivity (Wildman–Crippen MR) is 163 cm³/mol. The number of carbonyl (C=O) groups excluding carboxylic acids is 1. The van der Waals surface area contributed by atoms with E-state index in [1.165, 1.54) is 32.6 Å². The number of fused-ring (bicyclic) bond motifs is 3. The second-order valence-electron chi connectivity index (χ2n) is 8.47. The molecule has 1 amide bonds. The van der Waals surface area contributed by atoms with Crippen LogP contribution in [0.3, 0.4) is 0 Å². The van der Waals surface area contributed by atoms with Crippen molar-refractivity contribution in [2.45, 2.75) is 13.3 Å². The Labute approximate surface area is 252 Å². The van der Waals surface area contributed by atoms with Crippen molar-refractivity contribution in [3.05, 3.63) is 161 Å². The first-order valence-corrected chi connectivity index (χ1v) is 19.6. The molecule has 2 radical (unpaired) electrons. The summed E-state index contributed by atoms with van der Waals surface area (Å²) in [6.45, 7) is 1.82. The van der Waals surface area contributed by atoms with Gasteiger partial charge in [-0.05, 0) is 18.9 Å². The second-order valence-corrected chi connectivity index (χ2v) is 13.6. The monoisotopic (exact) mass is 641 g/mol. The van der Waals surface area contributed by atoms with E-state index in [4.69, 9.17) is 22.8 Å². The molecule has 0 fully saturated rings. The van der Waals surface area contributed by atoms with Crippen LogP contribution in [-0.4, -0.2) is 15.4 Å². The van der Waals surface area contributed by atoms with E-state index in [-0.39, 0.29) is 0 Å². The van der Waals surface area contributed by atoms with Crippen LogP contribution in [0, 0.1) is 13.0 Å². The Balaban J connectivity index is 0.000000155. The molecule has 0 saturated carbocycles. The van der Waals surface area contributed by atoms with Gasteiger partial charge in [-0.2, -0.15) is 29.8 Å². The van der Waals surface area contributed by atoms with Crippen LogP contribution in [0.15, 0.2) is 127 Å². The largest absolute Gasteiger partial charge is 0.179 e. The van der Waals surface area contributed by atoms with Crippen LogP contribution in [0.2, 0.25) is 0 Å². The van der Waals surface area contributed by atoms with Gasteiger partial charge in [0.15, 0.2) is 0 Å². The predicted octanol–water partition coefficient (Wildman–Crippen LogP) is 7.96. The van der Waals surface area contributed by atoms with Crippen molar-refractivity contribution in [3.8, 4) is 11.1 Å².